The topological polar surface area (TPSA) is 12.0 Å². The van der Waals surface area contributed by atoms with Crippen LogP contribution in [-0.2, 0) is 0 Å². The molecule has 0 radical (unpaired) electrons. The molecule has 0 spiro atoms. The molecule has 0 fully saturated rings. The molecule has 0 saturated heterocycles. The summed E-state index contributed by atoms with van der Waals surface area (Å²) in [5.41, 5.74) is 2.07. The van der Waals surface area contributed by atoms with Crippen molar-refractivity contribution in [3.8, 4) is 0 Å². The number of rotatable bonds is 6. The molecule has 17 heavy (non-hydrogen) atoms. The Morgan fingerprint density at radius 2 is 1.94 bits per heavy atom. The second-order valence-corrected chi connectivity index (χ2v) is 5.20. The molecule has 1 atom stereocenters. The first-order valence-corrected chi connectivity index (χ1v) is 6.53. The SMILES string of the molecule is CCCNC(CC(C)C)c1cc(C)cc(F)c1. The summed E-state index contributed by atoms with van der Waals surface area (Å²) in [7, 11) is 0. The van der Waals surface area contributed by atoms with Gasteiger partial charge in [0.2, 0.25) is 0 Å². The van der Waals surface area contributed by atoms with Gasteiger partial charge in [-0.2, -0.15) is 0 Å². The van der Waals surface area contributed by atoms with E-state index in [-0.39, 0.29) is 11.9 Å². The van der Waals surface area contributed by atoms with Gasteiger partial charge in [-0.15, -0.1) is 0 Å². The number of nitrogens with one attached hydrogen (secondary N) is 1. The van der Waals surface area contributed by atoms with Gasteiger partial charge in [0, 0.05) is 6.04 Å². The summed E-state index contributed by atoms with van der Waals surface area (Å²) in [6, 6.07) is 5.58. The average Bonchev–Trinajstić information content (AvgIpc) is 2.22. The normalized spacial score (nSPS) is 13.1. The fraction of sp³-hybridized carbons (Fsp3) is 0.600. The highest BCUT2D eigenvalue weighted by atomic mass is 19.1. The second-order valence-electron chi connectivity index (χ2n) is 5.20. The van der Waals surface area contributed by atoms with Gasteiger partial charge in [-0.3, -0.25) is 0 Å². The lowest BCUT2D eigenvalue weighted by Crippen LogP contribution is -2.23. The van der Waals surface area contributed by atoms with Gasteiger partial charge in [0.1, 0.15) is 5.82 Å². The highest BCUT2D eigenvalue weighted by Gasteiger charge is 2.13. The Morgan fingerprint density at radius 1 is 1.24 bits per heavy atom. The minimum atomic E-state index is -0.132. The van der Waals surface area contributed by atoms with E-state index in [4.69, 9.17) is 0 Å². The van der Waals surface area contributed by atoms with Gasteiger partial charge in [-0.25, -0.2) is 4.39 Å². The van der Waals surface area contributed by atoms with E-state index in [1.165, 1.54) is 0 Å². The van der Waals surface area contributed by atoms with Gasteiger partial charge < -0.3 is 5.32 Å². The zero-order chi connectivity index (χ0) is 12.8. The second kappa shape index (κ2) is 6.75. The molecule has 1 nitrogen and oxygen atoms in total. The van der Waals surface area contributed by atoms with Crippen LogP contribution in [-0.4, -0.2) is 6.54 Å². The van der Waals surface area contributed by atoms with Gasteiger partial charge in [0.15, 0.2) is 0 Å². The van der Waals surface area contributed by atoms with Crippen LogP contribution in [0.15, 0.2) is 18.2 Å². The van der Waals surface area contributed by atoms with Crippen LogP contribution in [0.4, 0.5) is 4.39 Å². The molecule has 96 valence electrons. The smallest absolute Gasteiger partial charge is 0.123 e. The molecule has 1 aromatic carbocycles. The van der Waals surface area contributed by atoms with Crippen LogP contribution in [0.25, 0.3) is 0 Å². The monoisotopic (exact) mass is 237 g/mol. The third-order valence-electron chi connectivity index (χ3n) is 2.81. The van der Waals surface area contributed by atoms with E-state index in [9.17, 15) is 4.39 Å². The number of hydrogen-bond acceptors (Lipinski definition) is 1. The number of benzene rings is 1. The first-order chi connectivity index (χ1) is 8.02. The predicted octanol–water partition coefficient (Wildman–Crippen LogP) is 4.22. The maximum atomic E-state index is 13.4. The maximum Gasteiger partial charge on any atom is 0.123 e. The molecule has 1 unspecified atom stereocenters. The molecular formula is C15H24FN. The minimum absolute atomic E-state index is 0.132. The fourth-order valence-electron chi connectivity index (χ4n) is 2.09. The third kappa shape index (κ3) is 4.86. The summed E-state index contributed by atoms with van der Waals surface area (Å²) >= 11 is 0. The lowest BCUT2D eigenvalue weighted by molar-refractivity contribution is 0.428. The van der Waals surface area contributed by atoms with Crippen LogP contribution in [0.3, 0.4) is 0 Å². The first-order valence-electron chi connectivity index (χ1n) is 6.53. The van der Waals surface area contributed by atoms with Crippen molar-refractivity contribution in [1.82, 2.24) is 5.32 Å². The van der Waals surface area contributed by atoms with Crippen molar-refractivity contribution in [2.75, 3.05) is 6.54 Å². The van der Waals surface area contributed by atoms with Gasteiger partial charge in [0.25, 0.3) is 0 Å². The van der Waals surface area contributed by atoms with Crippen molar-refractivity contribution in [1.29, 1.82) is 0 Å². The summed E-state index contributed by atoms with van der Waals surface area (Å²) in [4.78, 5) is 0. The lowest BCUT2D eigenvalue weighted by atomic mass is 9.95. The van der Waals surface area contributed by atoms with Crippen molar-refractivity contribution in [2.24, 2.45) is 5.92 Å². The van der Waals surface area contributed by atoms with E-state index >= 15 is 0 Å². The van der Waals surface area contributed by atoms with Gasteiger partial charge in [-0.05, 0) is 55.5 Å². The van der Waals surface area contributed by atoms with Crippen LogP contribution in [0.2, 0.25) is 0 Å². The van der Waals surface area contributed by atoms with Crippen molar-refractivity contribution >= 4 is 0 Å². The molecule has 0 saturated carbocycles. The summed E-state index contributed by atoms with van der Waals surface area (Å²) in [5.74, 6) is 0.472. The van der Waals surface area contributed by atoms with Crippen molar-refractivity contribution in [3.05, 3.63) is 35.1 Å². The Morgan fingerprint density at radius 3 is 2.47 bits per heavy atom. The quantitative estimate of drug-likeness (QED) is 0.781. The summed E-state index contributed by atoms with van der Waals surface area (Å²) in [6.07, 6.45) is 2.14. The van der Waals surface area contributed by atoms with Crippen LogP contribution in [0.1, 0.15) is 50.8 Å². The summed E-state index contributed by atoms with van der Waals surface area (Å²) < 4.78 is 13.4. The highest BCUT2D eigenvalue weighted by molar-refractivity contribution is 5.26. The number of halogens is 1. The minimum Gasteiger partial charge on any atom is -0.310 e. The maximum absolute atomic E-state index is 13.4. The molecule has 0 aliphatic heterocycles. The van der Waals surface area contributed by atoms with E-state index < -0.39 is 0 Å². The standard InChI is InChI=1S/C15H24FN/c1-5-6-17-15(7-11(2)3)13-8-12(4)9-14(16)10-13/h8-11,15,17H,5-7H2,1-4H3. The summed E-state index contributed by atoms with van der Waals surface area (Å²) in [6.45, 7) is 9.47. The van der Waals surface area contributed by atoms with Crippen molar-refractivity contribution < 1.29 is 4.39 Å². The average molecular weight is 237 g/mol. The molecule has 1 rings (SSSR count). The molecule has 0 bridgehead atoms. The summed E-state index contributed by atoms with van der Waals surface area (Å²) in [5, 5.41) is 3.50. The Hall–Kier alpha value is -0.890. The number of hydrogen-bond donors (Lipinski definition) is 1. The Labute approximate surface area is 104 Å². The van der Waals surface area contributed by atoms with E-state index in [0.29, 0.717) is 5.92 Å². The molecular weight excluding hydrogens is 213 g/mol. The van der Waals surface area contributed by atoms with Crippen LogP contribution in [0.5, 0.6) is 0 Å². The fourth-order valence-corrected chi connectivity index (χ4v) is 2.09. The van der Waals surface area contributed by atoms with E-state index in [1.54, 1.807) is 12.1 Å². The zero-order valence-corrected chi connectivity index (χ0v) is 11.4. The van der Waals surface area contributed by atoms with E-state index in [2.05, 4.69) is 32.2 Å². The molecule has 0 amide bonds. The molecule has 0 aliphatic rings. The van der Waals surface area contributed by atoms with Gasteiger partial charge >= 0.3 is 0 Å². The predicted molar refractivity (Wildman–Crippen MR) is 71.6 cm³/mol. The van der Waals surface area contributed by atoms with Crippen LogP contribution in [0, 0.1) is 18.7 Å². The zero-order valence-electron chi connectivity index (χ0n) is 11.4. The Bertz CT molecular complexity index is 327. The molecule has 2 heteroatoms. The van der Waals surface area contributed by atoms with Gasteiger partial charge in [0.05, 0.1) is 0 Å². The van der Waals surface area contributed by atoms with E-state index in [1.807, 2.05) is 6.92 Å². The van der Waals surface area contributed by atoms with Gasteiger partial charge in [-0.1, -0.05) is 26.8 Å². The largest absolute Gasteiger partial charge is 0.310 e. The van der Waals surface area contributed by atoms with Crippen LogP contribution < -0.4 is 5.32 Å². The number of aryl methyl sites for hydroxylation is 1. The molecule has 0 aliphatic carbocycles. The molecule has 1 N–H and O–H groups in total. The first kappa shape index (κ1) is 14.2. The van der Waals surface area contributed by atoms with E-state index in [0.717, 1.165) is 30.5 Å². The van der Waals surface area contributed by atoms with Crippen molar-refractivity contribution in [3.63, 3.8) is 0 Å². The molecule has 1 aromatic rings. The van der Waals surface area contributed by atoms with Crippen molar-refractivity contribution in [2.45, 2.75) is 46.6 Å². The Balaban J connectivity index is 2.86. The van der Waals surface area contributed by atoms with Crippen LogP contribution >= 0.6 is 0 Å². The molecule has 0 heterocycles. The third-order valence-corrected chi connectivity index (χ3v) is 2.81. The highest BCUT2D eigenvalue weighted by Crippen LogP contribution is 2.23. The Kier molecular flexibility index (Phi) is 5.63. The molecule has 0 aromatic heterocycles. The lowest BCUT2D eigenvalue weighted by Gasteiger charge is -2.21.